The van der Waals surface area contributed by atoms with Gasteiger partial charge in [-0.15, -0.1) is 0 Å². The molecule has 7 nitrogen and oxygen atoms in total. The van der Waals surface area contributed by atoms with Gasteiger partial charge in [-0.05, 0) is 22.9 Å². The Morgan fingerprint density at radius 1 is 1.50 bits per heavy atom. The van der Waals surface area contributed by atoms with Crippen LogP contribution in [-0.4, -0.2) is 27.2 Å². The monoisotopic (exact) mass is 381 g/mol. The number of halogens is 4. The summed E-state index contributed by atoms with van der Waals surface area (Å²) in [7, 11) is 0. The number of carbonyl (C=O) groups is 1. The van der Waals surface area contributed by atoms with E-state index in [9.17, 15) is 28.1 Å². The lowest BCUT2D eigenvalue weighted by atomic mass is 10.3. The number of hydrogen-bond donors (Lipinski definition) is 0. The predicted octanol–water partition coefficient (Wildman–Crippen LogP) is 3.73. The third kappa shape index (κ3) is 2.75. The van der Waals surface area contributed by atoms with Crippen LogP contribution in [-0.2, 0) is 10.9 Å². The number of imidazole rings is 1. The van der Waals surface area contributed by atoms with E-state index in [1.807, 2.05) is 0 Å². The summed E-state index contributed by atoms with van der Waals surface area (Å²) in [5.41, 5.74) is -1.09. The topological polar surface area (TPSA) is 87.3 Å². The van der Waals surface area contributed by atoms with Gasteiger partial charge < -0.3 is 4.74 Å². The molecule has 2 rings (SSSR count). The fourth-order valence-corrected chi connectivity index (χ4v) is 2.32. The average Bonchev–Trinajstić information content (AvgIpc) is 2.78. The zero-order valence-corrected chi connectivity index (χ0v) is 12.4. The normalized spacial score (nSPS) is 11.7. The predicted molar refractivity (Wildman–Crippen MR) is 71.5 cm³/mol. The van der Waals surface area contributed by atoms with Crippen LogP contribution in [0.1, 0.15) is 12.7 Å². The molecule has 2 aromatic rings. The molecule has 0 fully saturated rings. The first-order valence-corrected chi connectivity index (χ1v) is 6.56. The number of fused-ring (bicyclic) bond motifs is 1. The summed E-state index contributed by atoms with van der Waals surface area (Å²) in [6.07, 6.45) is -6.25. The van der Waals surface area contributed by atoms with Crippen LogP contribution in [0.25, 0.3) is 11.0 Å². The highest BCUT2D eigenvalue weighted by Gasteiger charge is 2.40. The number of nitro benzene ring substituents is 1. The molecule has 0 saturated heterocycles. The number of alkyl halides is 3. The Balaban J connectivity index is 2.85. The largest absolute Gasteiger partial charge is 0.450 e. The van der Waals surface area contributed by atoms with E-state index in [1.54, 1.807) is 0 Å². The Kier molecular flexibility index (Phi) is 4.09. The maximum atomic E-state index is 13.0. The lowest BCUT2D eigenvalue weighted by molar-refractivity contribution is -0.384. The van der Waals surface area contributed by atoms with Crippen molar-refractivity contribution >= 4 is 38.7 Å². The molecule has 0 aliphatic heterocycles. The molecule has 0 N–H and O–H groups in total. The third-order valence-electron chi connectivity index (χ3n) is 2.61. The van der Waals surface area contributed by atoms with Crippen LogP contribution in [0.15, 0.2) is 16.6 Å². The Hall–Kier alpha value is -2.17. The second kappa shape index (κ2) is 5.55. The molecule has 0 atom stereocenters. The minimum Gasteiger partial charge on any atom is -0.449 e. The molecule has 0 saturated carbocycles. The molecule has 0 aliphatic carbocycles. The summed E-state index contributed by atoms with van der Waals surface area (Å²) >= 11 is 2.92. The maximum Gasteiger partial charge on any atom is 0.450 e. The van der Waals surface area contributed by atoms with Gasteiger partial charge in [0.2, 0.25) is 5.82 Å². The van der Waals surface area contributed by atoms with E-state index in [-0.39, 0.29) is 26.7 Å². The van der Waals surface area contributed by atoms with Crippen LogP contribution in [0.4, 0.5) is 23.7 Å². The number of carbonyl (C=O) groups excluding carboxylic acids is 1. The molecule has 11 heteroatoms. The molecule has 0 aliphatic rings. The molecule has 0 bridgehead atoms. The van der Waals surface area contributed by atoms with E-state index in [1.165, 1.54) is 6.92 Å². The van der Waals surface area contributed by atoms with Crippen molar-refractivity contribution < 1.29 is 27.6 Å². The second-order valence-electron chi connectivity index (χ2n) is 4.02. The minimum absolute atomic E-state index is 0.0368. The number of nitro groups is 1. The zero-order chi connectivity index (χ0) is 16.7. The van der Waals surface area contributed by atoms with Crippen molar-refractivity contribution in [3.8, 4) is 0 Å². The Morgan fingerprint density at radius 3 is 2.64 bits per heavy atom. The van der Waals surface area contributed by atoms with Crippen LogP contribution < -0.4 is 0 Å². The molecule has 1 aromatic carbocycles. The van der Waals surface area contributed by atoms with Gasteiger partial charge in [0.1, 0.15) is 5.52 Å². The number of rotatable bonds is 2. The fraction of sp³-hybridized carbons (Fsp3) is 0.273. The molecule has 0 spiro atoms. The SMILES string of the molecule is CCOC(=O)n1c(C(F)(F)F)nc2c(Br)cc([N+](=O)[O-])cc21. The van der Waals surface area contributed by atoms with Crippen LogP contribution >= 0.6 is 15.9 Å². The van der Waals surface area contributed by atoms with Gasteiger partial charge in [0, 0.05) is 12.1 Å². The summed E-state index contributed by atoms with van der Waals surface area (Å²) in [5.74, 6) is -1.51. The standard InChI is InChI=1S/C11H7BrF3N3O4/c1-2-22-10(19)17-7-4-5(18(20)21)3-6(12)8(7)16-9(17)11(13,14)15/h3-4H,2H2,1H3. The average molecular weight is 382 g/mol. The second-order valence-corrected chi connectivity index (χ2v) is 4.87. The summed E-state index contributed by atoms with van der Waals surface area (Å²) in [5, 5.41) is 10.8. The molecule has 118 valence electrons. The molecule has 0 amide bonds. The van der Waals surface area contributed by atoms with E-state index < -0.39 is 28.7 Å². The summed E-state index contributed by atoms with van der Waals surface area (Å²) in [6, 6.07) is 1.84. The minimum atomic E-state index is -4.93. The zero-order valence-electron chi connectivity index (χ0n) is 10.8. The van der Waals surface area contributed by atoms with E-state index in [2.05, 4.69) is 25.7 Å². The summed E-state index contributed by atoms with van der Waals surface area (Å²) in [4.78, 5) is 25.2. The first kappa shape index (κ1) is 16.2. The van der Waals surface area contributed by atoms with Gasteiger partial charge in [0.15, 0.2) is 0 Å². The number of hydrogen-bond acceptors (Lipinski definition) is 5. The van der Waals surface area contributed by atoms with E-state index >= 15 is 0 Å². The van der Waals surface area contributed by atoms with Crippen molar-refractivity contribution in [2.45, 2.75) is 13.1 Å². The Morgan fingerprint density at radius 2 is 2.14 bits per heavy atom. The van der Waals surface area contributed by atoms with E-state index in [0.29, 0.717) is 0 Å². The fourth-order valence-electron chi connectivity index (χ4n) is 1.79. The van der Waals surface area contributed by atoms with Gasteiger partial charge in [0.05, 0.1) is 21.5 Å². The smallest absolute Gasteiger partial charge is 0.449 e. The van der Waals surface area contributed by atoms with Crippen molar-refractivity contribution in [1.29, 1.82) is 0 Å². The maximum absolute atomic E-state index is 13.0. The van der Waals surface area contributed by atoms with Crippen LogP contribution in [0.3, 0.4) is 0 Å². The van der Waals surface area contributed by atoms with E-state index in [0.717, 1.165) is 12.1 Å². The highest BCUT2D eigenvalue weighted by Crippen LogP contribution is 2.36. The third-order valence-corrected chi connectivity index (χ3v) is 3.22. The first-order valence-electron chi connectivity index (χ1n) is 5.77. The van der Waals surface area contributed by atoms with Crippen molar-refractivity contribution in [1.82, 2.24) is 9.55 Å². The number of ether oxygens (including phenoxy) is 1. The van der Waals surface area contributed by atoms with Crippen LogP contribution in [0.5, 0.6) is 0 Å². The van der Waals surface area contributed by atoms with Crippen LogP contribution in [0, 0.1) is 10.1 Å². The molecule has 22 heavy (non-hydrogen) atoms. The number of nitrogens with zero attached hydrogens (tertiary/aromatic N) is 3. The van der Waals surface area contributed by atoms with Crippen LogP contribution in [0.2, 0.25) is 0 Å². The quantitative estimate of drug-likeness (QED) is 0.584. The lowest BCUT2D eigenvalue weighted by Gasteiger charge is -2.09. The Labute approximate surface area is 129 Å². The van der Waals surface area contributed by atoms with Gasteiger partial charge in [-0.25, -0.2) is 14.3 Å². The van der Waals surface area contributed by atoms with Gasteiger partial charge in [-0.2, -0.15) is 13.2 Å². The van der Waals surface area contributed by atoms with Gasteiger partial charge >= 0.3 is 12.3 Å². The molecule has 1 heterocycles. The highest BCUT2D eigenvalue weighted by atomic mass is 79.9. The van der Waals surface area contributed by atoms with Crippen molar-refractivity contribution in [3.63, 3.8) is 0 Å². The highest BCUT2D eigenvalue weighted by molar-refractivity contribution is 9.10. The summed E-state index contributed by atoms with van der Waals surface area (Å²) < 4.78 is 43.8. The van der Waals surface area contributed by atoms with Gasteiger partial charge in [-0.3, -0.25) is 10.1 Å². The first-order chi connectivity index (χ1) is 10.2. The van der Waals surface area contributed by atoms with Gasteiger partial charge in [0.25, 0.3) is 5.69 Å². The molecule has 0 unspecified atom stereocenters. The molecular weight excluding hydrogens is 375 g/mol. The van der Waals surface area contributed by atoms with E-state index in [4.69, 9.17) is 0 Å². The van der Waals surface area contributed by atoms with Crippen molar-refractivity contribution in [2.75, 3.05) is 6.61 Å². The Bertz CT molecular complexity index is 772. The number of aromatic nitrogens is 2. The molecule has 0 radical (unpaired) electrons. The number of benzene rings is 1. The number of non-ortho nitro benzene ring substituents is 1. The van der Waals surface area contributed by atoms with Crippen molar-refractivity contribution in [2.24, 2.45) is 0 Å². The molecule has 1 aromatic heterocycles. The lowest BCUT2D eigenvalue weighted by Crippen LogP contribution is -2.22. The summed E-state index contributed by atoms with van der Waals surface area (Å²) in [6.45, 7) is 1.26. The van der Waals surface area contributed by atoms with Gasteiger partial charge in [-0.1, -0.05) is 0 Å². The van der Waals surface area contributed by atoms with Crippen molar-refractivity contribution in [3.05, 3.63) is 32.5 Å². The molecular formula is C11H7BrF3N3O4.